The zero-order valence-electron chi connectivity index (χ0n) is 17.1. The summed E-state index contributed by atoms with van der Waals surface area (Å²) in [5, 5.41) is 0.659. The van der Waals surface area contributed by atoms with Gasteiger partial charge < -0.3 is 18.6 Å². The fourth-order valence-corrected chi connectivity index (χ4v) is 2.56. The lowest BCUT2D eigenvalue weighted by Crippen LogP contribution is -2.23. The molecule has 0 spiro atoms. The van der Waals surface area contributed by atoms with E-state index in [2.05, 4.69) is 19.1 Å². The maximum atomic E-state index is 12.6. The quantitative estimate of drug-likeness (QED) is 0.347. The molecule has 148 valence electrons. The van der Waals surface area contributed by atoms with Gasteiger partial charge in [0.15, 0.2) is 17.1 Å². The van der Waals surface area contributed by atoms with E-state index in [-0.39, 0.29) is 11.9 Å². The highest BCUT2D eigenvalue weighted by Gasteiger charge is 2.22. The molecule has 2 aromatic rings. The highest BCUT2D eigenvalue weighted by molar-refractivity contribution is 5.89. The Bertz CT molecular complexity index is 840. The number of ether oxygens (including phenoxy) is 3. The van der Waals surface area contributed by atoms with Crippen molar-refractivity contribution in [3.63, 3.8) is 0 Å². The SMILES string of the molecule is CC/C=C/CCOc1c(OC(C)C)c(=O)oc2c(OC(C)(C)C)cccc12. The Hall–Kier alpha value is -2.43. The Kier molecular flexibility index (Phi) is 6.94. The minimum absolute atomic E-state index is 0.102. The molecule has 1 aromatic heterocycles. The van der Waals surface area contributed by atoms with E-state index in [0.717, 1.165) is 12.8 Å². The third kappa shape index (κ3) is 5.78. The molecule has 1 aromatic carbocycles. The van der Waals surface area contributed by atoms with E-state index in [9.17, 15) is 4.79 Å². The molecule has 0 atom stereocenters. The van der Waals surface area contributed by atoms with Gasteiger partial charge in [-0.1, -0.05) is 25.1 Å². The van der Waals surface area contributed by atoms with Crippen molar-refractivity contribution < 1.29 is 18.6 Å². The van der Waals surface area contributed by atoms with Crippen molar-refractivity contribution in [2.45, 2.75) is 66.1 Å². The maximum absolute atomic E-state index is 12.6. The summed E-state index contributed by atoms with van der Waals surface area (Å²) in [5.41, 5.74) is -0.626. The zero-order chi connectivity index (χ0) is 20.0. The number of fused-ring (bicyclic) bond motifs is 1. The third-order valence-corrected chi connectivity index (χ3v) is 3.51. The fourth-order valence-electron chi connectivity index (χ4n) is 2.56. The second-order valence-corrected chi connectivity index (χ2v) is 7.58. The average Bonchev–Trinajstić information content (AvgIpc) is 2.56. The summed E-state index contributed by atoms with van der Waals surface area (Å²) in [4.78, 5) is 12.6. The molecule has 0 radical (unpaired) electrons. The van der Waals surface area contributed by atoms with Crippen molar-refractivity contribution in [3.8, 4) is 17.2 Å². The van der Waals surface area contributed by atoms with Gasteiger partial charge in [-0.3, -0.25) is 0 Å². The van der Waals surface area contributed by atoms with Crippen molar-refractivity contribution in [2.24, 2.45) is 0 Å². The summed E-state index contributed by atoms with van der Waals surface area (Å²) in [5.74, 6) is 1.01. The molecule has 0 unspecified atom stereocenters. The smallest absolute Gasteiger partial charge is 0.383 e. The topological polar surface area (TPSA) is 57.9 Å². The molecule has 0 aliphatic carbocycles. The number of allylic oxidation sites excluding steroid dienone is 1. The summed E-state index contributed by atoms with van der Waals surface area (Å²) < 4.78 is 23.2. The van der Waals surface area contributed by atoms with Crippen LogP contribution in [-0.4, -0.2) is 18.3 Å². The lowest BCUT2D eigenvalue weighted by molar-refractivity contribution is 0.131. The van der Waals surface area contributed by atoms with Crippen molar-refractivity contribution in [3.05, 3.63) is 40.8 Å². The van der Waals surface area contributed by atoms with Crippen LogP contribution in [0.2, 0.25) is 0 Å². The highest BCUT2D eigenvalue weighted by atomic mass is 16.5. The molecule has 5 heteroatoms. The molecule has 0 fully saturated rings. The normalized spacial score (nSPS) is 12.1. The van der Waals surface area contributed by atoms with E-state index in [0.29, 0.717) is 29.1 Å². The van der Waals surface area contributed by atoms with Gasteiger partial charge in [-0.25, -0.2) is 4.79 Å². The van der Waals surface area contributed by atoms with Crippen LogP contribution in [0.5, 0.6) is 17.2 Å². The molecule has 0 saturated carbocycles. The summed E-state index contributed by atoms with van der Waals surface area (Å²) in [6, 6.07) is 5.48. The van der Waals surface area contributed by atoms with E-state index in [1.54, 1.807) is 6.07 Å². The zero-order valence-corrected chi connectivity index (χ0v) is 17.1. The molecule has 0 amide bonds. The predicted molar refractivity (Wildman–Crippen MR) is 108 cm³/mol. The minimum atomic E-state index is -0.569. The molecule has 0 saturated heterocycles. The van der Waals surface area contributed by atoms with Crippen molar-refractivity contribution in [1.29, 1.82) is 0 Å². The van der Waals surface area contributed by atoms with Crippen LogP contribution >= 0.6 is 0 Å². The fraction of sp³-hybridized carbons (Fsp3) is 0.500. The third-order valence-electron chi connectivity index (χ3n) is 3.51. The first-order valence-electron chi connectivity index (χ1n) is 9.46. The Morgan fingerprint density at radius 2 is 1.89 bits per heavy atom. The summed E-state index contributed by atoms with van der Waals surface area (Å²) in [6.07, 6.45) is 5.69. The van der Waals surface area contributed by atoms with E-state index < -0.39 is 11.2 Å². The number of hydrogen-bond acceptors (Lipinski definition) is 5. The van der Waals surface area contributed by atoms with E-state index in [4.69, 9.17) is 18.6 Å². The second-order valence-electron chi connectivity index (χ2n) is 7.58. The first-order chi connectivity index (χ1) is 12.7. The molecule has 5 nitrogen and oxygen atoms in total. The molecule has 1 heterocycles. The van der Waals surface area contributed by atoms with E-state index in [1.807, 2.05) is 46.8 Å². The van der Waals surface area contributed by atoms with Crippen LogP contribution in [0.4, 0.5) is 0 Å². The van der Waals surface area contributed by atoms with Crippen LogP contribution in [0.1, 0.15) is 54.4 Å². The summed E-state index contributed by atoms with van der Waals surface area (Å²) >= 11 is 0. The Labute approximate surface area is 160 Å². The molecule has 27 heavy (non-hydrogen) atoms. The number of benzene rings is 1. The average molecular weight is 374 g/mol. The first-order valence-corrected chi connectivity index (χ1v) is 9.46. The Balaban J connectivity index is 2.53. The summed E-state index contributed by atoms with van der Waals surface area (Å²) in [6.45, 7) is 12.1. The van der Waals surface area contributed by atoms with E-state index >= 15 is 0 Å². The van der Waals surface area contributed by atoms with Crippen LogP contribution in [-0.2, 0) is 0 Å². The monoisotopic (exact) mass is 374 g/mol. The van der Waals surface area contributed by atoms with Crippen LogP contribution in [0.3, 0.4) is 0 Å². The van der Waals surface area contributed by atoms with Gasteiger partial charge in [0.05, 0.1) is 18.1 Å². The minimum Gasteiger partial charge on any atom is -0.488 e. The molecular weight excluding hydrogens is 344 g/mol. The van der Waals surface area contributed by atoms with Gasteiger partial charge in [0.25, 0.3) is 0 Å². The van der Waals surface area contributed by atoms with Crippen LogP contribution in [0, 0.1) is 0 Å². The standard InChI is InChI=1S/C22H30O5/c1-7-8-9-10-14-24-19-16-12-11-13-17(27-22(4,5)6)18(16)26-21(23)20(19)25-15(2)3/h8-9,11-13,15H,7,10,14H2,1-6H3/b9-8+. The second kappa shape index (κ2) is 8.98. The van der Waals surface area contributed by atoms with Gasteiger partial charge in [0.2, 0.25) is 5.75 Å². The Morgan fingerprint density at radius 3 is 2.52 bits per heavy atom. The van der Waals surface area contributed by atoms with Crippen LogP contribution in [0.25, 0.3) is 11.0 Å². The van der Waals surface area contributed by atoms with Gasteiger partial charge in [-0.05, 0) is 59.6 Å². The first kappa shape index (κ1) is 20.9. The lowest BCUT2D eigenvalue weighted by atomic mass is 10.1. The van der Waals surface area contributed by atoms with Crippen molar-refractivity contribution in [1.82, 2.24) is 0 Å². The molecule has 2 rings (SSSR count). The predicted octanol–water partition coefficient (Wildman–Crippen LogP) is 5.49. The van der Waals surface area contributed by atoms with E-state index in [1.165, 1.54) is 0 Å². The lowest BCUT2D eigenvalue weighted by Gasteiger charge is -2.22. The van der Waals surface area contributed by atoms with Crippen LogP contribution < -0.4 is 19.8 Å². The highest BCUT2D eigenvalue weighted by Crippen LogP contribution is 2.38. The van der Waals surface area contributed by atoms with Crippen molar-refractivity contribution in [2.75, 3.05) is 6.61 Å². The number of hydrogen-bond donors (Lipinski definition) is 0. The van der Waals surface area contributed by atoms with Gasteiger partial charge in [-0.2, -0.15) is 0 Å². The maximum Gasteiger partial charge on any atom is 0.383 e. The number of para-hydroxylation sites is 1. The van der Waals surface area contributed by atoms with Gasteiger partial charge in [0.1, 0.15) is 5.60 Å². The van der Waals surface area contributed by atoms with Crippen molar-refractivity contribution >= 4 is 11.0 Å². The molecule has 0 aliphatic rings. The molecule has 0 bridgehead atoms. The summed E-state index contributed by atoms with van der Waals surface area (Å²) in [7, 11) is 0. The Morgan fingerprint density at radius 1 is 1.15 bits per heavy atom. The van der Waals surface area contributed by atoms with Crippen LogP contribution in [0.15, 0.2) is 39.6 Å². The van der Waals surface area contributed by atoms with Gasteiger partial charge in [0, 0.05) is 0 Å². The molecule has 0 aliphatic heterocycles. The largest absolute Gasteiger partial charge is 0.488 e. The number of rotatable bonds is 8. The molecule has 0 N–H and O–H groups in total. The molecular formula is C22H30O5. The van der Waals surface area contributed by atoms with Gasteiger partial charge >= 0.3 is 5.63 Å². The van der Waals surface area contributed by atoms with Gasteiger partial charge in [-0.15, -0.1) is 0 Å².